The Morgan fingerprint density at radius 1 is 1.56 bits per heavy atom. The second-order valence-corrected chi connectivity index (χ2v) is 3.54. The maximum Gasteiger partial charge on any atom is 0.329 e. The van der Waals surface area contributed by atoms with E-state index < -0.39 is 17.5 Å². The second-order valence-electron chi connectivity index (χ2n) is 3.54. The number of nitrogens with one attached hydrogen (secondary N) is 2. The number of nitrogens with zero attached hydrogens (tertiary/aromatic N) is 2. The Morgan fingerprint density at radius 3 is 2.81 bits per heavy atom. The first kappa shape index (κ1) is 10.4. The molecule has 0 aromatic carbocycles. The molecule has 0 aliphatic heterocycles. The van der Waals surface area contributed by atoms with Gasteiger partial charge in [0.15, 0.2) is 5.82 Å². The minimum absolute atomic E-state index is 0.0953. The number of carboxylic acids is 1. The van der Waals surface area contributed by atoms with Crippen LogP contribution in [0.25, 0.3) is 0 Å². The van der Waals surface area contributed by atoms with Crippen LogP contribution in [0.1, 0.15) is 18.7 Å². The third kappa shape index (κ3) is 2.10. The first-order valence-corrected chi connectivity index (χ1v) is 4.67. The van der Waals surface area contributed by atoms with Gasteiger partial charge in [-0.2, -0.15) is 4.98 Å². The maximum absolute atomic E-state index is 11.3. The average Bonchev–Trinajstić information content (AvgIpc) is 2.84. The number of aliphatic carboxylic acids is 1. The number of urea groups is 1. The molecule has 1 aromatic rings. The fourth-order valence-corrected chi connectivity index (χ4v) is 1.21. The minimum atomic E-state index is -1.08. The van der Waals surface area contributed by atoms with E-state index >= 15 is 0 Å². The molecule has 2 amide bonds. The van der Waals surface area contributed by atoms with Crippen molar-refractivity contribution in [3.05, 3.63) is 12.2 Å². The third-order valence-electron chi connectivity index (χ3n) is 2.33. The maximum atomic E-state index is 11.3. The second kappa shape index (κ2) is 3.80. The fraction of sp³-hybridized carbons (Fsp3) is 0.500. The molecule has 1 aromatic heterocycles. The van der Waals surface area contributed by atoms with Crippen molar-refractivity contribution in [3.63, 3.8) is 0 Å². The summed E-state index contributed by atoms with van der Waals surface area (Å²) in [4.78, 5) is 25.8. The Hall–Kier alpha value is -2.12. The number of amides is 2. The summed E-state index contributed by atoms with van der Waals surface area (Å²) in [6.45, 7) is 0.0953. The number of hydrogen-bond donors (Lipinski definition) is 3. The van der Waals surface area contributed by atoms with Crippen LogP contribution in [-0.4, -0.2) is 32.8 Å². The van der Waals surface area contributed by atoms with E-state index in [4.69, 9.17) is 5.11 Å². The van der Waals surface area contributed by atoms with Crippen LogP contribution in [0.4, 0.5) is 4.79 Å². The van der Waals surface area contributed by atoms with Crippen LogP contribution in [0.3, 0.4) is 0 Å². The predicted octanol–water partition coefficient (Wildman–Crippen LogP) is -0.514. The zero-order valence-corrected chi connectivity index (χ0v) is 8.27. The number of hydrogen-bond acceptors (Lipinski definition) is 5. The summed E-state index contributed by atoms with van der Waals surface area (Å²) in [5, 5.41) is 17.1. The quantitative estimate of drug-likeness (QED) is 0.636. The summed E-state index contributed by atoms with van der Waals surface area (Å²) >= 11 is 0. The molecule has 1 heterocycles. The Balaban J connectivity index is 1.79. The van der Waals surface area contributed by atoms with Crippen molar-refractivity contribution in [2.45, 2.75) is 24.9 Å². The van der Waals surface area contributed by atoms with Crippen LogP contribution in [0, 0.1) is 0 Å². The smallest absolute Gasteiger partial charge is 0.329 e. The van der Waals surface area contributed by atoms with Gasteiger partial charge in [-0.3, -0.25) is 0 Å². The number of aromatic nitrogens is 2. The Kier molecular flexibility index (Phi) is 2.47. The van der Waals surface area contributed by atoms with Crippen LogP contribution in [0.2, 0.25) is 0 Å². The standard InChI is InChI=1S/C8H10N4O4/c13-6(14)8(1-2-8)11-7(15)9-3-5-10-4-16-12-5/h4H,1-3H2,(H,13,14)(H2,9,11,15). The third-order valence-corrected chi connectivity index (χ3v) is 2.33. The van der Waals surface area contributed by atoms with E-state index in [-0.39, 0.29) is 6.54 Å². The normalized spacial score (nSPS) is 16.5. The minimum Gasteiger partial charge on any atom is -0.480 e. The molecule has 3 N–H and O–H groups in total. The largest absolute Gasteiger partial charge is 0.480 e. The van der Waals surface area contributed by atoms with Gasteiger partial charge in [0, 0.05) is 0 Å². The molecular formula is C8H10N4O4. The first-order chi connectivity index (χ1) is 7.62. The van der Waals surface area contributed by atoms with Gasteiger partial charge in [-0.05, 0) is 12.8 Å². The summed E-state index contributed by atoms with van der Waals surface area (Å²) in [5.74, 6) is -0.683. The Labute approximate surface area is 90.0 Å². The topological polar surface area (TPSA) is 117 Å². The summed E-state index contributed by atoms with van der Waals surface area (Å²) in [6.07, 6.45) is 2.06. The van der Waals surface area contributed by atoms with Crippen molar-refractivity contribution < 1.29 is 19.2 Å². The highest BCUT2D eigenvalue weighted by atomic mass is 16.5. The van der Waals surface area contributed by atoms with Crippen molar-refractivity contribution in [1.29, 1.82) is 0 Å². The number of carbonyl (C=O) groups is 2. The molecule has 2 rings (SSSR count). The summed E-state index contributed by atoms with van der Waals surface area (Å²) in [6, 6.07) is -0.551. The lowest BCUT2D eigenvalue weighted by molar-refractivity contribution is -0.140. The van der Waals surface area contributed by atoms with Gasteiger partial charge >= 0.3 is 12.0 Å². The molecule has 0 spiro atoms. The van der Waals surface area contributed by atoms with Gasteiger partial charge in [-0.1, -0.05) is 5.16 Å². The van der Waals surface area contributed by atoms with Gasteiger partial charge in [0.25, 0.3) is 0 Å². The van der Waals surface area contributed by atoms with E-state index in [1.165, 1.54) is 0 Å². The van der Waals surface area contributed by atoms with E-state index in [0.717, 1.165) is 6.39 Å². The molecule has 1 aliphatic rings. The Bertz CT molecular complexity index is 398. The molecule has 16 heavy (non-hydrogen) atoms. The van der Waals surface area contributed by atoms with Crippen LogP contribution in [0.5, 0.6) is 0 Å². The van der Waals surface area contributed by atoms with Crippen molar-refractivity contribution in [2.75, 3.05) is 0 Å². The van der Waals surface area contributed by atoms with E-state index in [0.29, 0.717) is 18.7 Å². The molecule has 0 saturated heterocycles. The van der Waals surface area contributed by atoms with Gasteiger partial charge in [0.2, 0.25) is 6.39 Å². The number of carbonyl (C=O) groups excluding carboxylic acids is 1. The van der Waals surface area contributed by atoms with Crippen LogP contribution in [-0.2, 0) is 11.3 Å². The number of carboxylic acid groups (broad SMARTS) is 1. The first-order valence-electron chi connectivity index (χ1n) is 4.67. The molecule has 8 nitrogen and oxygen atoms in total. The predicted molar refractivity (Wildman–Crippen MR) is 49.3 cm³/mol. The highest BCUT2D eigenvalue weighted by molar-refractivity contribution is 5.88. The molecule has 8 heteroatoms. The molecule has 0 bridgehead atoms. The summed E-state index contributed by atoms with van der Waals surface area (Å²) in [7, 11) is 0. The molecule has 86 valence electrons. The van der Waals surface area contributed by atoms with Gasteiger partial charge in [0.1, 0.15) is 5.54 Å². The van der Waals surface area contributed by atoms with Crippen molar-refractivity contribution in [1.82, 2.24) is 20.8 Å². The molecular weight excluding hydrogens is 216 g/mol. The van der Waals surface area contributed by atoms with Crippen LogP contribution in [0.15, 0.2) is 10.9 Å². The lowest BCUT2D eigenvalue weighted by Crippen LogP contribution is -2.47. The molecule has 1 aliphatic carbocycles. The average molecular weight is 226 g/mol. The SMILES string of the molecule is O=C(NCc1ncon1)NC1(C(=O)O)CC1. The highest BCUT2D eigenvalue weighted by Gasteiger charge is 2.51. The van der Waals surface area contributed by atoms with E-state index in [1.807, 2.05) is 0 Å². The van der Waals surface area contributed by atoms with Gasteiger partial charge in [0.05, 0.1) is 6.54 Å². The van der Waals surface area contributed by atoms with Crippen molar-refractivity contribution in [3.8, 4) is 0 Å². The summed E-state index contributed by atoms with van der Waals surface area (Å²) < 4.78 is 4.47. The zero-order valence-electron chi connectivity index (χ0n) is 8.27. The van der Waals surface area contributed by atoms with Crippen LogP contribution < -0.4 is 10.6 Å². The van der Waals surface area contributed by atoms with Gasteiger partial charge in [-0.15, -0.1) is 0 Å². The fourth-order valence-electron chi connectivity index (χ4n) is 1.21. The van der Waals surface area contributed by atoms with E-state index in [2.05, 4.69) is 25.3 Å². The van der Waals surface area contributed by atoms with Crippen molar-refractivity contribution >= 4 is 12.0 Å². The summed E-state index contributed by atoms with van der Waals surface area (Å²) in [5.41, 5.74) is -1.08. The molecule has 1 saturated carbocycles. The molecule has 0 radical (unpaired) electrons. The Morgan fingerprint density at radius 2 is 2.31 bits per heavy atom. The molecule has 1 fully saturated rings. The monoisotopic (exact) mass is 226 g/mol. The zero-order chi connectivity index (χ0) is 11.6. The van der Waals surface area contributed by atoms with E-state index in [9.17, 15) is 9.59 Å². The van der Waals surface area contributed by atoms with Gasteiger partial charge < -0.3 is 20.3 Å². The lowest BCUT2D eigenvalue weighted by Gasteiger charge is -2.12. The number of rotatable bonds is 4. The van der Waals surface area contributed by atoms with E-state index in [1.54, 1.807) is 0 Å². The van der Waals surface area contributed by atoms with Crippen LogP contribution >= 0.6 is 0 Å². The molecule has 0 unspecified atom stereocenters. The molecule has 0 atom stereocenters. The van der Waals surface area contributed by atoms with Gasteiger partial charge in [-0.25, -0.2) is 9.59 Å². The lowest BCUT2D eigenvalue weighted by atomic mass is 10.3. The highest BCUT2D eigenvalue weighted by Crippen LogP contribution is 2.35. The van der Waals surface area contributed by atoms with Crippen molar-refractivity contribution in [2.24, 2.45) is 0 Å².